The van der Waals surface area contributed by atoms with Crippen LogP contribution in [0.1, 0.15) is 0 Å². The molecule has 0 amide bonds. The lowest BCUT2D eigenvalue weighted by Crippen LogP contribution is -2.00. The molecule has 0 bridgehead atoms. The van der Waals surface area contributed by atoms with E-state index in [9.17, 15) is 0 Å². The molecule has 68 heavy (non-hydrogen) atoms. The van der Waals surface area contributed by atoms with E-state index in [1.165, 1.54) is 53.6 Å². The van der Waals surface area contributed by atoms with Crippen molar-refractivity contribution in [2.24, 2.45) is 0 Å². The summed E-state index contributed by atoms with van der Waals surface area (Å²) in [5, 5.41) is 4.52. The fourth-order valence-electron chi connectivity index (χ4n) is 9.72. The molecule has 0 radical (unpaired) electrons. The van der Waals surface area contributed by atoms with Crippen molar-refractivity contribution >= 4 is 53.4 Å². The van der Waals surface area contributed by atoms with Crippen molar-refractivity contribution < 1.29 is 4.42 Å². The van der Waals surface area contributed by atoms with Gasteiger partial charge in [-0.25, -0.2) is 15.0 Å². The second-order valence-electron chi connectivity index (χ2n) is 17.1. The zero-order valence-electron chi connectivity index (χ0n) is 36.7. The van der Waals surface area contributed by atoms with Crippen molar-refractivity contribution in [1.29, 1.82) is 0 Å². The van der Waals surface area contributed by atoms with Crippen LogP contribution in [0, 0.1) is 0 Å². The smallest absolute Gasteiger partial charge is 0.164 e. The molecule has 3 heterocycles. The van der Waals surface area contributed by atoms with Crippen molar-refractivity contribution in [3.05, 3.63) is 237 Å². The van der Waals surface area contributed by atoms with Crippen LogP contribution in [0.3, 0.4) is 0 Å². The molecule has 0 fully saturated rings. The van der Waals surface area contributed by atoms with Crippen molar-refractivity contribution in [3.63, 3.8) is 0 Å². The third-order valence-electron chi connectivity index (χ3n) is 13.0. The Morgan fingerprint density at radius 3 is 1.46 bits per heavy atom. The van der Waals surface area contributed by atoms with Gasteiger partial charge in [-0.1, -0.05) is 206 Å². The van der Waals surface area contributed by atoms with Crippen LogP contribution in [-0.2, 0) is 0 Å². The molecule has 0 unspecified atom stereocenters. The number of rotatable bonds is 8. The van der Waals surface area contributed by atoms with Gasteiger partial charge in [-0.15, -0.1) is 11.3 Å². The van der Waals surface area contributed by atoms with Crippen LogP contribution in [0.25, 0.3) is 132 Å². The van der Waals surface area contributed by atoms with E-state index in [0.29, 0.717) is 17.5 Å². The van der Waals surface area contributed by atoms with Crippen LogP contribution in [0.5, 0.6) is 0 Å². The SMILES string of the molecule is c1ccc(-c2cccc(-c3cccc4c3sc3c(-c5ccccc5-c5cccc(-c6nc(-c7ccccc7)nc(-c7cccc8oc9ccc(-c%10ccccc%10)cc9c78)n6)c5)cccc34)c2)cc1. The Hall–Kier alpha value is -8.77. The second-order valence-corrected chi connectivity index (χ2v) is 18.1. The summed E-state index contributed by atoms with van der Waals surface area (Å²) in [6.07, 6.45) is 0. The Morgan fingerprint density at radius 2 is 0.735 bits per heavy atom. The highest BCUT2D eigenvalue weighted by Gasteiger charge is 2.20. The molecule has 318 valence electrons. The lowest BCUT2D eigenvalue weighted by Gasteiger charge is -2.13. The standard InChI is InChI=1S/C63H39N3OS/c1-4-17-40(18-5-1)43-23-12-25-46(37-43)49-29-14-31-52-53-32-15-30-51(60(53)68-59(49)52)50-28-11-10-27-48(50)45-24-13-26-47(38-45)62-64-61(42-21-8-3-9-22-42)65-63(66-62)54-33-16-34-57-58(54)55-39-44(35-36-56(55)67-57)41-19-6-2-7-20-41/h1-39H. The van der Waals surface area contributed by atoms with Gasteiger partial charge in [0.25, 0.3) is 0 Å². The quantitative estimate of drug-likeness (QED) is 0.153. The third-order valence-corrected chi connectivity index (χ3v) is 14.3. The van der Waals surface area contributed by atoms with Crippen molar-refractivity contribution in [3.8, 4) is 89.8 Å². The molecule has 0 aliphatic rings. The fourth-order valence-corrected chi connectivity index (χ4v) is 11.1. The summed E-state index contributed by atoms with van der Waals surface area (Å²) in [5.41, 5.74) is 16.0. The summed E-state index contributed by atoms with van der Waals surface area (Å²) < 4.78 is 9.02. The molecule has 5 heteroatoms. The molecule has 4 nitrogen and oxygen atoms in total. The summed E-state index contributed by atoms with van der Waals surface area (Å²) in [7, 11) is 0. The second kappa shape index (κ2) is 16.6. The van der Waals surface area contributed by atoms with Crippen LogP contribution in [0.4, 0.5) is 0 Å². The predicted molar refractivity (Wildman–Crippen MR) is 283 cm³/mol. The summed E-state index contributed by atoms with van der Waals surface area (Å²) >= 11 is 1.88. The van der Waals surface area contributed by atoms with E-state index >= 15 is 0 Å². The van der Waals surface area contributed by atoms with Crippen LogP contribution >= 0.6 is 11.3 Å². The first-order valence-electron chi connectivity index (χ1n) is 22.8. The van der Waals surface area contributed by atoms with Gasteiger partial charge in [0, 0.05) is 53.2 Å². The maximum Gasteiger partial charge on any atom is 0.164 e. The molecular weight excluding hydrogens is 847 g/mol. The van der Waals surface area contributed by atoms with Crippen LogP contribution in [0.15, 0.2) is 241 Å². The van der Waals surface area contributed by atoms with Gasteiger partial charge in [0.1, 0.15) is 11.2 Å². The van der Waals surface area contributed by atoms with Crippen molar-refractivity contribution in [2.45, 2.75) is 0 Å². The number of thiophene rings is 1. The highest BCUT2D eigenvalue weighted by atomic mass is 32.1. The summed E-state index contributed by atoms with van der Waals surface area (Å²) in [5.74, 6) is 1.79. The van der Waals surface area contributed by atoms with E-state index in [4.69, 9.17) is 19.4 Å². The van der Waals surface area contributed by atoms with E-state index in [-0.39, 0.29) is 0 Å². The van der Waals surface area contributed by atoms with E-state index in [2.05, 4.69) is 200 Å². The molecule has 0 atom stereocenters. The van der Waals surface area contributed by atoms with Gasteiger partial charge >= 0.3 is 0 Å². The van der Waals surface area contributed by atoms with E-state index in [1.54, 1.807) is 0 Å². The lowest BCUT2D eigenvalue weighted by atomic mass is 9.92. The zero-order valence-corrected chi connectivity index (χ0v) is 37.5. The predicted octanol–water partition coefficient (Wildman–Crippen LogP) is 17.5. The molecule has 0 N–H and O–H groups in total. The average molecular weight is 886 g/mol. The molecule has 0 spiro atoms. The molecular formula is C63H39N3OS. The molecule has 0 aliphatic heterocycles. The third kappa shape index (κ3) is 6.96. The highest BCUT2D eigenvalue weighted by Crippen LogP contribution is 2.46. The lowest BCUT2D eigenvalue weighted by molar-refractivity contribution is 0.669. The van der Waals surface area contributed by atoms with E-state index in [0.717, 1.165) is 60.9 Å². The van der Waals surface area contributed by atoms with Gasteiger partial charge in [0.2, 0.25) is 0 Å². The Labute approximate surface area is 397 Å². The van der Waals surface area contributed by atoms with Crippen LogP contribution < -0.4 is 0 Å². The summed E-state index contributed by atoms with van der Waals surface area (Å²) in [6, 6.07) is 83.4. The number of fused-ring (bicyclic) bond motifs is 6. The van der Waals surface area contributed by atoms with Gasteiger partial charge < -0.3 is 4.42 Å². The number of furan rings is 1. The molecule has 0 aliphatic carbocycles. The maximum absolute atomic E-state index is 6.47. The average Bonchev–Trinajstić information content (AvgIpc) is 4.00. The Balaban J connectivity index is 0.934. The van der Waals surface area contributed by atoms with Gasteiger partial charge in [-0.05, 0) is 80.4 Å². The summed E-state index contributed by atoms with van der Waals surface area (Å²) in [6.45, 7) is 0. The first-order chi connectivity index (χ1) is 33.7. The topological polar surface area (TPSA) is 51.8 Å². The number of hydrogen-bond acceptors (Lipinski definition) is 5. The maximum atomic E-state index is 6.47. The Bertz CT molecular complexity index is 4030. The van der Waals surface area contributed by atoms with Crippen molar-refractivity contribution in [2.75, 3.05) is 0 Å². The van der Waals surface area contributed by atoms with Crippen LogP contribution in [0.2, 0.25) is 0 Å². The molecule has 13 rings (SSSR count). The highest BCUT2D eigenvalue weighted by molar-refractivity contribution is 7.26. The Kier molecular flexibility index (Phi) is 9.66. The monoisotopic (exact) mass is 885 g/mol. The summed E-state index contributed by atoms with van der Waals surface area (Å²) in [4.78, 5) is 15.6. The first kappa shape index (κ1) is 39.6. The zero-order chi connectivity index (χ0) is 45.0. The molecule has 0 saturated heterocycles. The minimum atomic E-state index is 0.584. The van der Waals surface area contributed by atoms with Gasteiger partial charge in [0.15, 0.2) is 17.5 Å². The largest absolute Gasteiger partial charge is 0.456 e. The number of aromatic nitrogens is 3. The number of nitrogens with zero attached hydrogens (tertiary/aromatic N) is 3. The van der Waals surface area contributed by atoms with E-state index in [1.807, 2.05) is 47.7 Å². The number of hydrogen-bond donors (Lipinski definition) is 0. The van der Waals surface area contributed by atoms with E-state index < -0.39 is 0 Å². The molecule has 0 saturated carbocycles. The van der Waals surface area contributed by atoms with Crippen molar-refractivity contribution in [1.82, 2.24) is 15.0 Å². The van der Waals surface area contributed by atoms with Gasteiger partial charge in [-0.3, -0.25) is 0 Å². The molecule has 10 aromatic carbocycles. The molecule has 3 aromatic heterocycles. The molecule has 13 aromatic rings. The van der Waals surface area contributed by atoms with Crippen LogP contribution in [-0.4, -0.2) is 15.0 Å². The van der Waals surface area contributed by atoms with Gasteiger partial charge in [-0.2, -0.15) is 0 Å². The minimum absolute atomic E-state index is 0.584. The van der Waals surface area contributed by atoms with Gasteiger partial charge in [0.05, 0.1) is 0 Å². The minimum Gasteiger partial charge on any atom is -0.456 e. The Morgan fingerprint density at radius 1 is 0.265 bits per heavy atom. The normalized spacial score (nSPS) is 11.5. The fraction of sp³-hybridized carbons (Fsp3) is 0. The number of benzene rings is 10. The first-order valence-corrected chi connectivity index (χ1v) is 23.6.